The number of rotatable bonds is 4. The summed E-state index contributed by atoms with van der Waals surface area (Å²) in [6, 6.07) is 23.4. The number of nitrogens with one attached hydrogen (secondary N) is 2. The number of pyridine rings is 2. The fourth-order valence-electron chi connectivity index (χ4n) is 3.94. The number of ketones is 1. The average molecular weight is 453 g/mol. The Hall–Kier alpha value is -4.22. The second-order valence-corrected chi connectivity index (χ2v) is 8.04. The molecule has 0 spiro atoms. The highest BCUT2D eigenvalue weighted by Crippen LogP contribution is 2.31. The van der Waals surface area contributed by atoms with Crippen molar-refractivity contribution in [3.63, 3.8) is 0 Å². The van der Waals surface area contributed by atoms with Crippen LogP contribution >= 0.6 is 11.6 Å². The summed E-state index contributed by atoms with van der Waals surface area (Å²) in [4.78, 5) is 44.3. The third-order valence-electron chi connectivity index (χ3n) is 5.48. The van der Waals surface area contributed by atoms with Crippen molar-refractivity contribution in [3.8, 4) is 11.1 Å². The average Bonchev–Trinajstić information content (AvgIpc) is 2.82. The van der Waals surface area contributed by atoms with Crippen molar-refractivity contribution in [1.82, 2.24) is 9.97 Å². The van der Waals surface area contributed by atoms with Crippen LogP contribution in [0.5, 0.6) is 0 Å². The monoisotopic (exact) mass is 452 g/mol. The maximum absolute atomic E-state index is 13.3. The lowest BCUT2D eigenvalue weighted by atomic mass is 9.94. The second kappa shape index (κ2) is 8.37. The van der Waals surface area contributed by atoms with Crippen molar-refractivity contribution in [2.45, 2.75) is 0 Å². The molecule has 6 heteroatoms. The van der Waals surface area contributed by atoms with E-state index in [1.165, 1.54) is 12.2 Å². The van der Waals surface area contributed by atoms with Crippen molar-refractivity contribution < 1.29 is 4.79 Å². The van der Waals surface area contributed by atoms with Crippen LogP contribution in [-0.2, 0) is 0 Å². The van der Waals surface area contributed by atoms with Crippen molar-refractivity contribution >= 4 is 45.3 Å². The number of para-hydroxylation sites is 1. The lowest BCUT2D eigenvalue weighted by Gasteiger charge is -2.11. The zero-order chi connectivity index (χ0) is 22.9. The molecule has 0 amide bonds. The molecule has 0 fully saturated rings. The quantitative estimate of drug-likeness (QED) is 0.275. The smallest absolute Gasteiger partial charge is 0.260 e. The highest BCUT2D eigenvalue weighted by Gasteiger charge is 2.19. The number of benzene rings is 3. The van der Waals surface area contributed by atoms with Crippen LogP contribution in [0.2, 0.25) is 5.02 Å². The zero-order valence-electron chi connectivity index (χ0n) is 17.3. The van der Waals surface area contributed by atoms with Gasteiger partial charge in [0.15, 0.2) is 5.78 Å². The van der Waals surface area contributed by atoms with Crippen LogP contribution in [0.15, 0.2) is 94.5 Å². The van der Waals surface area contributed by atoms with Crippen LogP contribution in [0.25, 0.3) is 39.0 Å². The van der Waals surface area contributed by atoms with Gasteiger partial charge >= 0.3 is 0 Å². The molecular formula is C27H17ClN2O3. The molecular weight excluding hydrogens is 436 g/mol. The maximum atomic E-state index is 13.3. The zero-order valence-corrected chi connectivity index (χ0v) is 18.0. The van der Waals surface area contributed by atoms with Gasteiger partial charge in [0.05, 0.1) is 5.56 Å². The van der Waals surface area contributed by atoms with Gasteiger partial charge in [-0.3, -0.25) is 14.4 Å². The fraction of sp³-hybridized carbons (Fsp3) is 0. The SMILES string of the molecule is O=C(C=Cc1cc2ccccc2[nH]c1=O)c1c(-c2ccccc2)c2cc(Cl)ccc2[nH]c1=O. The number of carbonyl (C=O) groups excluding carboxylic acids is 1. The minimum atomic E-state index is -0.510. The van der Waals surface area contributed by atoms with Gasteiger partial charge in [0.2, 0.25) is 0 Å². The standard InChI is InChI=1S/C27H17ClN2O3/c28-19-11-12-22-20(15-19)24(16-6-2-1-3-7-16)25(27(33)30-22)23(31)13-10-18-14-17-8-4-5-9-21(17)29-26(18)32/h1-15H,(H,29,32)(H,30,33). The van der Waals surface area contributed by atoms with Crippen LogP contribution in [0, 0.1) is 0 Å². The number of halogens is 1. The molecule has 0 saturated heterocycles. The van der Waals surface area contributed by atoms with E-state index in [1.54, 1.807) is 30.3 Å². The lowest BCUT2D eigenvalue weighted by Crippen LogP contribution is -2.19. The normalized spacial score (nSPS) is 11.4. The number of H-pyrrole nitrogens is 2. The molecule has 2 N–H and O–H groups in total. The number of allylic oxidation sites excluding steroid dienone is 1. The van der Waals surface area contributed by atoms with Gasteiger partial charge in [-0.25, -0.2) is 0 Å². The molecule has 33 heavy (non-hydrogen) atoms. The summed E-state index contributed by atoms with van der Waals surface area (Å²) in [5.74, 6) is -0.510. The summed E-state index contributed by atoms with van der Waals surface area (Å²) in [6.07, 6.45) is 2.69. The predicted octanol–water partition coefficient (Wildman–Crippen LogP) is 5.59. The van der Waals surface area contributed by atoms with E-state index in [4.69, 9.17) is 11.6 Å². The van der Waals surface area contributed by atoms with Gasteiger partial charge in [0.1, 0.15) is 0 Å². The highest BCUT2D eigenvalue weighted by atomic mass is 35.5. The number of aromatic nitrogens is 2. The van der Waals surface area contributed by atoms with Gasteiger partial charge in [-0.2, -0.15) is 0 Å². The Bertz CT molecular complexity index is 1680. The Morgan fingerprint density at radius 1 is 0.788 bits per heavy atom. The van der Waals surface area contributed by atoms with E-state index in [0.29, 0.717) is 32.6 Å². The summed E-state index contributed by atoms with van der Waals surface area (Å²) in [5.41, 5.74) is 1.99. The maximum Gasteiger partial charge on any atom is 0.260 e. The number of aromatic amines is 2. The van der Waals surface area contributed by atoms with E-state index in [0.717, 1.165) is 10.9 Å². The number of carbonyl (C=O) groups is 1. The van der Waals surface area contributed by atoms with Gasteiger partial charge in [-0.05, 0) is 53.4 Å². The van der Waals surface area contributed by atoms with Crippen molar-refractivity contribution in [2.24, 2.45) is 0 Å². The molecule has 0 atom stereocenters. The minimum Gasteiger partial charge on any atom is -0.321 e. The number of fused-ring (bicyclic) bond motifs is 2. The van der Waals surface area contributed by atoms with Crippen LogP contribution in [0.4, 0.5) is 0 Å². The van der Waals surface area contributed by atoms with E-state index in [9.17, 15) is 14.4 Å². The summed E-state index contributed by atoms with van der Waals surface area (Å²) in [5, 5.41) is 1.99. The molecule has 2 heterocycles. The third kappa shape index (κ3) is 3.90. The minimum absolute atomic E-state index is 0.00978. The Labute approximate surface area is 193 Å². The first-order chi connectivity index (χ1) is 16.0. The summed E-state index contributed by atoms with van der Waals surface area (Å²) >= 11 is 6.23. The molecule has 3 aromatic carbocycles. The first kappa shape index (κ1) is 20.7. The van der Waals surface area contributed by atoms with Gasteiger partial charge in [-0.1, -0.05) is 60.1 Å². The molecule has 0 unspecified atom stereocenters. The summed E-state index contributed by atoms with van der Waals surface area (Å²) in [6.45, 7) is 0. The van der Waals surface area contributed by atoms with Crippen molar-refractivity contribution in [1.29, 1.82) is 0 Å². The van der Waals surface area contributed by atoms with E-state index in [-0.39, 0.29) is 11.1 Å². The number of hydrogen-bond donors (Lipinski definition) is 2. The van der Waals surface area contributed by atoms with Crippen molar-refractivity contribution in [3.05, 3.63) is 122 Å². The largest absolute Gasteiger partial charge is 0.321 e. The predicted molar refractivity (Wildman–Crippen MR) is 133 cm³/mol. The summed E-state index contributed by atoms with van der Waals surface area (Å²) < 4.78 is 0. The molecule has 160 valence electrons. The molecule has 0 aliphatic carbocycles. The molecule has 5 aromatic rings. The van der Waals surface area contributed by atoms with Gasteiger partial charge in [0.25, 0.3) is 11.1 Å². The van der Waals surface area contributed by atoms with E-state index >= 15 is 0 Å². The highest BCUT2D eigenvalue weighted by molar-refractivity contribution is 6.31. The van der Waals surface area contributed by atoms with E-state index in [1.807, 2.05) is 48.5 Å². The van der Waals surface area contributed by atoms with E-state index in [2.05, 4.69) is 9.97 Å². The first-order valence-electron chi connectivity index (χ1n) is 10.3. The Kier molecular flexibility index (Phi) is 5.24. The first-order valence-corrected chi connectivity index (χ1v) is 10.6. The van der Waals surface area contributed by atoms with Crippen molar-refractivity contribution in [2.75, 3.05) is 0 Å². The molecule has 0 aliphatic rings. The molecule has 5 nitrogen and oxygen atoms in total. The molecule has 0 saturated carbocycles. The van der Waals surface area contributed by atoms with Crippen LogP contribution in [0.1, 0.15) is 15.9 Å². The lowest BCUT2D eigenvalue weighted by molar-refractivity contribution is 0.104. The van der Waals surface area contributed by atoms with Gasteiger partial charge in [-0.15, -0.1) is 0 Å². The second-order valence-electron chi connectivity index (χ2n) is 7.60. The van der Waals surface area contributed by atoms with Crippen LogP contribution < -0.4 is 11.1 Å². The van der Waals surface area contributed by atoms with Crippen LogP contribution in [-0.4, -0.2) is 15.8 Å². The van der Waals surface area contributed by atoms with E-state index < -0.39 is 11.3 Å². The van der Waals surface area contributed by atoms with Gasteiger partial charge < -0.3 is 9.97 Å². The Morgan fingerprint density at radius 3 is 2.33 bits per heavy atom. The Balaban J connectivity index is 1.68. The Morgan fingerprint density at radius 2 is 1.52 bits per heavy atom. The molecule has 0 aliphatic heterocycles. The topological polar surface area (TPSA) is 82.8 Å². The number of hydrogen-bond acceptors (Lipinski definition) is 3. The fourth-order valence-corrected chi connectivity index (χ4v) is 4.11. The summed E-state index contributed by atoms with van der Waals surface area (Å²) in [7, 11) is 0. The molecule has 0 bridgehead atoms. The third-order valence-corrected chi connectivity index (χ3v) is 5.72. The van der Waals surface area contributed by atoms with Crippen LogP contribution in [0.3, 0.4) is 0 Å². The molecule has 5 rings (SSSR count). The molecule has 0 radical (unpaired) electrons. The van der Waals surface area contributed by atoms with Gasteiger partial charge in [0, 0.05) is 32.6 Å². The molecule has 2 aromatic heterocycles.